The maximum absolute atomic E-state index is 11.6. The van der Waals surface area contributed by atoms with E-state index in [0.717, 1.165) is 22.8 Å². The van der Waals surface area contributed by atoms with Crippen LogP contribution in [0.2, 0.25) is 5.02 Å². The van der Waals surface area contributed by atoms with E-state index in [1.807, 2.05) is 30.5 Å². The first-order chi connectivity index (χ1) is 8.63. The van der Waals surface area contributed by atoms with Crippen molar-refractivity contribution in [1.29, 1.82) is 0 Å². The second-order valence-electron chi connectivity index (χ2n) is 4.06. The number of carbonyl (C=O) groups is 1. The third-order valence-electron chi connectivity index (χ3n) is 2.57. The Morgan fingerprint density at radius 2 is 2.33 bits per heavy atom. The molecule has 0 aliphatic heterocycles. The zero-order valence-electron chi connectivity index (χ0n) is 10.5. The maximum Gasteiger partial charge on any atom is 0.236 e. The van der Waals surface area contributed by atoms with E-state index in [1.54, 1.807) is 11.8 Å². The third-order valence-corrected chi connectivity index (χ3v) is 3.45. The van der Waals surface area contributed by atoms with Crippen molar-refractivity contribution in [3.63, 3.8) is 0 Å². The van der Waals surface area contributed by atoms with Gasteiger partial charge in [0.1, 0.15) is 0 Å². The lowest BCUT2D eigenvalue weighted by molar-refractivity contribution is -0.122. The lowest BCUT2D eigenvalue weighted by Crippen LogP contribution is -2.41. The van der Waals surface area contributed by atoms with Crippen molar-refractivity contribution in [2.75, 3.05) is 18.6 Å². The molecule has 0 radical (unpaired) electrons. The Morgan fingerprint density at radius 3 is 3.00 bits per heavy atom. The molecule has 0 aromatic heterocycles. The number of benzene rings is 1. The van der Waals surface area contributed by atoms with Crippen LogP contribution in [0.3, 0.4) is 0 Å². The highest BCUT2D eigenvalue weighted by Crippen LogP contribution is 2.10. The molecule has 0 fully saturated rings. The summed E-state index contributed by atoms with van der Waals surface area (Å²) < 4.78 is 0. The van der Waals surface area contributed by atoms with Gasteiger partial charge in [0.05, 0.1) is 6.04 Å². The minimum Gasteiger partial charge on any atom is -0.354 e. The number of nitrogens with one attached hydrogen (secondary N) is 1. The Kier molecular flexibility index (Phi) is 7.16. The second kappa shape index (κ2) is 8.40. The average molecular weight is 287 g/mol. The molecule has 0 saturated carbocycles. The maximum atomic E-state index is 11.6. The van der Waals surface area contributed by atoms with E-state index in [9.17, 15) is 4.79 Å². The number of hydrogen-bond acceptors (Lipinski definition) is 3. The van der Waals surface area contributed by atoms with Gasteiger partial charge in [-0.05, 0) is 42.5 Å². The molecule has 5 heteroatoms. The normalized spacial score (nSPS) is 12.2. The molecule has 18 heavy (non-hydrogen) atoms. The number of hydrogen-bond donors (Lipinski definition) is 2. The molecule has 0 aliphatic carbocycles. The number of nitrogens with two attached hydrogens (primary N) is 1. The lowest BCUT2D eigenvalue weighted by Gasteiger charge is -2.11. The summed E-state index contributed by atoms with van der Waals surface area (Å²) in [5.41, 5.74) is 6.87. The highest BCUT2D eigenvalue weighted by molar-refractivity contribution is 7.98. The zero-order chi connectivity index (χ0) is 13.4. The summed E-state index contributed by atoms with van der Waals surface area (Å²) in [6, 6.07) is 7.23. The molecule has 0 aliphatic rings. The van der Waals surface area contributed by atoms with Crippen LogP contribution in [0, 0.1) is 0 Å². The minimum absolute atomic E-state index is 0.0777. The largest absolute Gasteiger partial charge is 0.354 e. The van der Waals surface area contributed by atoms with Crippen LogP contribution in [0.5, 0.6) is 0 Å². The predicted octanol–water partition coefficient (Wildman–Crippen LogP) is 2.08. The van der Waals surface area contributed by atoms with Crippen molar-refractivity contribution in [1.82, 2.24) is 5.32 Å². The molecule has 0 spiro atoms. The first-order valence-corrected chi connectivity index (χ1v) is 7.67. The molecule has 1 aromatic carbocycles. The highest BCUT2D eigenvalue weighted by Gasteiger charge is 2.11. The molecular weight excluding hydrogens is 268 g/mol. The van der Waals surface area contributed by atoms with E-state index in [1.165, 1.54) is 0 Å². The molecule has 0 unspecified atom stereocenters. The van der Waals surface area contributed by atoms with Gasteiger partial charge in [-0.3, -0.25) is 4.79 Å². The van der Waals surface area contributed by atoms with E-state index in [0.29, 0.717) is 13.0 Å². The predicted molar refractivity (Wildman–Crippen MR) is 79.1 cm³/mol. The molecule has 1 aromatic rings. The molecule has 0 saturated heterocycles. The molecule has 0 bridgehead atoms. The van der Waals surface area contributed by atoms with Gasteiger partial charge in [-0.15, -0.1) is 0 Å². The van der Waals surface area contributed by atoms with E-state index in [-0.39, 0.29) is 5.91 Å². The lowest BCUT2D eigenvalue weighted by atomic mass is 10.1. The summed E-state index contributed by atoms with van der Waals surface area (Å²) in [5.74, 6) is 0.828. The molecule has 3 N–H and O–H groups in total. The van der Waals surface area contributed by atoms with Gasteiger partial charge in [0.2, 0.25) is 5.91 Å². The average Bonchev–Trinajstić information content (AvgIpc) is 2.35. The monoisotopic (exact) mass is 286 g/mol. The molecule has 1 amide bonds. The minimum atomic E-state index is -0.406. The Bertz CT molecular complexity index is 387. The van der Waals surface area contributed by atoms with Crippen molar-refractivity contribution in [3.8, 4) is 0 Å². The van der Waals surface area contributed by atoms with Gasteiger partial charge in [-0.2, -0.15) is 11.8 Å². The smallest absolute Gasteiger partial charge is 0.236 e. The molecule has 100 valence electrons. The Labute approximate surface area is 117 Å². The van der Waals surface area contributed by atoms with Crippen molar-refractivity contribution in [2.24, 2.45) is 5.73 Å². The van der Waals surface area contributed by atoms with Gasteiger partial charge < -0.3 is 11.1 Å². The first-order valence-electron chi connectivity index (χ1n) is 5.90. The van der Waals surface area contributed by atoms with E-state index in [4.69, 9.17) is 17.3 Å². The second-order valence-corrected chi connectivity index (χ2v) is 5.48. The molecule has 1 rings (SSSR count). The van der Waals surface area contributed by atoms with Gasteiger partial charge in [-0.1, -0.05) is 23.7 Å². The van der Waals surface area contributed by atoms with Crippen LogP contribution in [-0.2, 0) is 11.2 Å². The topological polar surface area (TPSA) is 55.1 Å². The SMILES string of the molecule is CSCC[C@@H](N)C(=O)NCCc1cccc(Cl)c1. The van der Waals surface area contributed by atoms with E-state index < -0.39 is 6.04 Å². The molecule has 0 heterocycles. The number of halogens is 1. The fourth-order valence-electron chi connectivity index (χ4n) is 1.53. The van der Waals surface area contributed by atoms with Crippen molar-refractivity contribution >= 4 is 29.3 Å². The number of rotatable bonds is 7. The highest BCUT2D eigenvalue weighted by atomic mass is 35.5. The summed E-state index contributed by atoms with van der Waals surface area (Å²) in [6.45, 7) is 0.589. The fourth-order valence-corrected chi connectivity index (χ4v) is 2.23. The summed E-state index contributed by atoms with van der Waals surface area (Å²) in [4.78, 5) is 11.6. The quantitative estimate of drug-likeness (QED) is 0.807. The van der Waals surface area contributed by atoms with Gasteiger partial charge in [-0.25, -0.2) is 0 Å². The molecule has 3 nitrogen and oxygen atoms in total. The van der Waals surface area contributed by atoms with Crippen molar-refractivity contribution < 1.29 is 4.79 Å². The van der Waals surface area contributed by atoms with Crippen LogP contribution in [0.15, 0.2) is 24.3 Å². The third kappa shape index (κ3) is 5.76. The summed E-state index contributed by atoms with van der Waals surface area (Å²) in [6.07, 6.45) is 3.48. The van der Waals surface area contributed by atoms with Gasteiger partial charge in [0.15, 0.2) is 0 Å². The van der Waals surface area contributed by atoms with Gasteiger partial charge >= 0.3 is 0 Å². The van der Waals surface area contributed by atoms with Crippen LogP contribution in [-0.4, -0.2) is 30.5 Å². The molecule has 1 atom stereocenters. The van der Waals surface area contributed by atoms with Gasteiger partial charge in [0, 0.05) is 11.6 Å². The zero-order valence-corrected chi connectivity index (χ0v) is 12.1. The van der Waals surface area contributed by atoms with E-state index in [2.05, 4.69) is 5.32 Å². The summed E-state index contributed by atoms with van der Waals surface area (Å²) in [7, 11) is 0. The summed E-state index contributed by atoms with van der Waals surface area (Å²) in [5, 5.41) is 3.56. The number of carbonyl (C=O) groups excluding carboxylic acids is 1. The first kappa shape index (κ1) is 15.3. The number of amides is 1. The van der Waals surface area contributed by atoms with Gasteiger partial charge in [0.25, 0.3) is 0 Å². The van der Waals surface area contributed by atoms with Crippen LogP contribution < -0.4 is 11.1 Å². The standard InChI is InChI=1S/C13H19ClN2OS/c1-18-8-6-12(15)13(17)16-7-5-10-3-2-4-11(14)9-10/h2-4,9,12H,5-8,15H2,1H3,(H,16,17)/t12-/m1/s1. The van der Waals surface area contributed by atoms with Crippen LogP contribution >= 0.6 is 23.4 Å². The summed E-state index contributed by atoms with van der Waals surface area (Å²) >= 11 is 7.58. The van der Waals surface area contributed by atoms with Crippen LogP contribution in [0.25, 0.3) is 0 Å². The fraction of sp³-hybridized carbons (Fsp3) is 0.462. The van der Waals surface area contributed by atoms with Crippen molar-refractivity contribution in [3.05, 3.63) is 34.9 Å². The van der Waals surface area contributed by atoms with Crippen LogP contribution in [0.1, 0.15) is 12.0 Å². The Morgan fingerprint density at radius 1 is 1.56 bits per heavy atom. The van der Waals surface area contributed by atoms with E-state index >= 15 is 0 Å². The Balaban J connectivity index is 2.27. The van der Waals surface area contributed by atoms with Crippen molar-refractivity contribution in [2.45, 2.75) is 18.9 Å². The van der Waals surface area contributed by atoms with Crippen LogP contribution in [0.4, 0.5) is 0 Å². The number of thioether (sulfide) groups is 1. The molecular formula is C13H19ClN2OS. The Hall–Kier alpha value is -0.710.